The van der Waals surface area contributed by atoms with Gasteiger partial charge in [-0.1, -0.05) is 12.1 Å². The van der Waals surface area contributed by atoms with E-state index in [4.69, 9.17) is 5.26 Å². The lowest BCUT2D eigenvalue weighted by Crippen LogP contribution is -2.21. The normalized spacial score (nSPS) is 18.3. The van der Waals surface area contributed by atoms with E-state index < -0.39 is 17.7 Å². The summed E-state index contributed by atoms with van der Waals surface area (Å²) in [5.41, 5.74) is 1.18. The van der Waals surface area contributed by atoms with Crippen molar-refractivity contribution >= 4 is 23.2 Å². The molecule has 2 N–H and O–H groups in total. The quantitative estimate of drug-likeness (QED) is 0.907. The van der Waals surface area contributed by atoms with Gasteiger partial charge in [0.1, 0.15) is 5.82 Å². The summed E-state index contributed by atoms with van der Waals surface area (Å²) in [6.45, 7) is 0. The number of carbonyl (C=O) groups is 2. The Morgan fingerprint density at radius 2 is 1.62 bits per heavy atom. The van der Waals surface area contributed by atoms with Crippen LogP contribution in [-0.2, 0) is 9.59 Å². The molecule has 1 aliphatic carbocycles. The van der Waals surface area contributed by atoms with Gasteiger partial charge in [-0.3, -0.25) is 9.59 Å². The van der Waals surface area contributed by atoms with E-state index in [1.807, 2.05) is 6.07 Å². The fraction of sp³-hybridized carbons (Fsp3) is 0.167. The van der Waals surface area contributed by atoms with Crippen LogP contribution in [0.15, 0.2) is 48.5 Å². The van der Waals surface area contributed by atoms with Crippen LogP contribution < -0.4 is 10.6 Å². The van der Waals surface area contributed by atoms with Gasteiger partial charge in [0.05, 0.1) is 29.2 Å². The molecule has 0 spiro atoms. The SMILES string of the molecule is N#Cc1ccc(NC(=O)C2CC2C(=O)Nc2ccccc2F)cc1. The fourth-order valence-corrected chi connectivity index (χ4v) is 2.43. The summed E-state index contributed by atoms with van der Waals surface area (Å²) in [5, 5.41) is 14.0. The molecule has 24 heavy (non-hydrogen) atoms. The van der Waals surface area contributed by atoms with E-state index in [0.29, 0.717) is 17.7 Å². The zero-order valence-electron chi connectivity index (χ0n) is 12.6. The number of rotatable bonds is 4. The molecule has 3 rings (SSSR count). The lowest BCUT2D eigenvalue weighted by molar-refractivity contribution is -0.122. The Hall–Kier alpha value is -3.20. The number of hydrogen-bond donors (Lipinski definition) is 2. The van der Waals surface area contributed by atoms with Crippen molar-refractivity contribution in [2.24, 2.45) is 11.8 Å². The predicted octanol–water partition coefficient (Wildman–Crippen LogP) is 2.91. The minimum Gasteiger partial charge on any atom is -0.326 e. The summed E-state index contributed by atoms with van der Waals surface area (Å²) < 4.78 is 13.5. The van der Waals surface area contributed by atoms with Crippen molar-refractivity contribution in [1.29, 1.82) is 5.26 Å². The molecule has 1 fully saturated rings. The van der Waals surface area contributed by atoms with Crippen LogP contribution in [-0.4, -0.2) is 11.8 Å². The van der Waals surface area contributed by atoms with Gasteiger partial charge in [-0.05, 0) is 42.8 Å². The van der Waals surface area contributed by atoms with Crippen LogP contribution in [0.4, 0.5) is 15.8 Å². The molecule has 2 amide bonds. The van der Waals surface area contributed by atoms with Crippen molar-refractivity contribution in [1.82, 2.24) is 0 Å². The molecule has 5 nitrogen and oxygen atoms in total. The number of nitriles is 1. The second kappa shape index (κ2) is 6.50. The van der Waals surface area contributed by atoms with Gasteiger partial charge in [0, 0.05) is 5.69 Å². The largest absolute Gasteiger partial charge is 0.326 e. The first-order chi connectivity index (χ1) is 11.6. The minimum atomic E-state index is -0.509. The van der Waals surface area contributed by atoms with Crippen molar-refractivity contribution in [2.45, 2.75) is 6.42 Å². The van der Waals surface area contributed by atoms with Gasteiger partial charge in [-0.2, -0.15) is 5.26 Å². The maximum Gasteiger partial charge on any atom is 0.228 e. The highest BCUT2D eigenvalue weighted by atomic mass is 19.1. The second-order valence-electron chi connectivity index (χ2n) is 5.60. The third-order valence-corrected chi connectivity index (χ3v) is 3.88. The molecule has 0 bridgehead atoms. The third kappa shape index (κ3) is 3.41. The number of benzene rings is 2. The van der Waals surface area contributed by atoms with Crippen molar-refractivity contribution in [2.75, 3.05) is 10.6 Å². The summed E-state index contributed by atoms with van der Waals surface area (Å²) in [4.78, 5) is 24.2. The molecule has 2 aromatic carbocycles. The highest BCUT2D eigenvalue weighted by Crippen LogP contribution is 2.40. The highest BCUT2D eigenvalue weighted by molar-refractivity contribution is 6.03. The summed E-state index contributed by atoms with van der Waals surface area (Å²) in [5.74, 6) is -2.01. The molecule has 0 heterocycles. The standard InChI is InChI=1S/C18H14FN3O2/c19-15-3-1-2-4-16(15)22-18(24)14-9-13(14)17(23)21-12-7-5-11(10-20)6-8-12/h1-8,13-14H,9H2,(H,21,23)(H,22,24). The van der Waals surface area contributed by atoms with Gasteiger partial charge in [0.15, 0.2) is 0 Å². The van der Waals surface area contributed by atoms with Crippen LogP contribution in [0.5, 0.6) is 0 Å². The number of halogens is 1. The van der Waals surface area contributed by atoms with E-state index in [-0.39, 0.29) is 17.5 Å². The highest BCUT2D eigenvalue weighted by Gasteiger charge is 2.48. The van der Waals surface area contributed by atoms with Crippen molar-refractivity contribution < 1.29 is 14.0 Å². The van der Waals surface area contributed by atoms with Gasteiger partial charge in [0.25, 0.3) is 0 Å². The smallest absolute Gasteiger partial charge is 0.228 e. The van der Waals surface area contributed by atoms with Crippen LogP contribution in [0.2, 0.25) is 0 Å². The Morgan fingerprint density at radius 1 is 1.00 bits per heavy atom. The second-order valence-corrected chi connectivity index (χ2v) is 5.60. The maximum absolute atomic E-state index is 13.5. The van der Waals surface area contributed by atoms with Crippen molar-refractivity contribution in [3.8, 4) is 6.07 Å². The molecule has 2 aromatic rings. The maximum atomic E-state index is 13.5. The van der Waals surface area contributed by atoms with Crippen LogP contribution in [0, 0.1) is 29.0 Å². The van der Waals surface area contributed by atoms with Gasteiger partial charge in [-0.15, -0.1) is 0 Å². The number of nitrogens with zero attached hydrogens (tertiary/aromatic N) is 1. The summed E-state index contributed by atoms with van der Waals surface area (Å²) in [6, 6.07) is 14.4. The first-order valence-electron chi connectivity index (χ1n) is 7.45. The third-order valence-electron chi connectivity index (χ3n) is 3.88. The number of para-hydroxylation sites is 1. The molecule has 2 unspecified atom stereocenters. The fourth-order valence-electron chi connectivity index (χ4n) is 2.43. The lowest BCUT2D eigenvalue weighted by Gasteiger charge is -2.07. The monoisotopic (exact) mass is 323 g/mol. The minimum absolute atomic E-state index is 0.112. The molecule has 0 aliphatic heterocycles. The van der Waals surface area contributed by atoms with E-state index in [1.165, 1.54) is 18.2 Å². The number of nitrogens with one attached hydrogen (secondary N) is 2. The summed E-state index contributed by atoms with van der Waals surface area (Å²) in [6.07, 6.45) is 0.433. The van der Waals surface area contributed by atoms with Crippen LogP contribution >= 0.6 is 0 Å². The average Bonchev–Trinajstić information content (AvgIpc) is 3.38. The molecule has 1 saturated carbocycles. The Morgan fingerprint density at radius 3 is 2.25 bits per heavy atom. The van der Waals surface area contributed by atoms with Crippen LogP contribution in [0.1, 0.15) is 12.0 Å². The lowest BCUT2D eigenvalue weighted by atomic mass is 10.2. The summed E-state index contributed by atoms with van der Waals surface area (Å²) >= 11 is 0. The topological polar surface area (TPSA) is 82.0 Å². The van der Waals surface area contributed by atoms with Crippen LogP contribution in [0.3, 0.4) is 0 Å². The molecule has 2 atom stereocenters. The summed E-state index contributed by atoms with van der Waals surface area (Å²) in [7, 11) is 0. The van der Waals surface area contributed by atoms with Crippen LogP contribution in [0.25, 0.3) is 0 Å². The van der Waals surface area contributed by atoms with E-state index >= 15 is 0 Å². The van der Waals surface area contributed by atoms with Gasteiger partial charge >= 0.3 is 0 Å². The van der Waals surface area contributed by atoms with Gasteiger partial charge in [-0.25, -0.2) is 4.39 Å². The number of amides is 2. The first-order valence-corrected chi connectivity index (χ1v) is 7.45. The van der Waals surface area contributed by atoms with Gasteiger partial charge < -0.3 is 10.6 Å². The molecular weight excluding hydrogens is 309 g/mol. The average molecular weight is 323 g/mol. The van der Waals surface area contributed by atoms with E-state index in [1.54, 1.807) is 30.3 Å². The Labute approximate surface area is 138 Å². The Kier molecular flexibility index (Phi) is 4.25. The Bertz CT molecular complexity index is 827. The van der Waals surface area contributed by atoms with E-state index in [2.05, 4.69) is 10.6 Å². The predicted molar refractivity (Wildman–Crippen MR) is 86.4 cm³/mol. The first kappa shape index (κ1) is 15.7. The van der Waals surface area contributed by atoms with E-state index in [9.17, 15) is 14.0 Å². The molecule has 120 valence electrons. The van der Waals surface area contributed by atoms with Gasteiger partial charge in [0.2, 0.25) is 11.8 Å². The molecule has 1 aliphatic rings. The molecule has 0 aromatic heterocycles. The number of carbonyl (C=O) groups excluding carboxylic acids is 2. The zero-order valence-corrected chi connectivity index (χ0v) is 12.6. The van der Waals surface area contributed by atoms with Crippen molar-refractivity contribution in [3.63, 3.8) is 0 Å². The molecule has 0 saturated heterocycles. The van der Waals surface area contributed by atoms with Crippen molar-refractivity contribution in [3.05, 3.63) is 59.9 Å². The zero-order chi connectivity index (χ0) is 17.1. The molecule has 6 heteroatoms. The molecular formula is C18H14FN3O2. The number of anilines is 2. The molecule has 0 radical (unpaired) electrons. The van der Waals surface area contributed by atoms with E-state index in [0.717, 1.165) is 0 Å². The Balaban J connectivity index is 1.56. The number of hydrogen-bond acceptors (Lipinski definition) is 3.